The summed E-state index contributed by atoms with van der Waals surface area (Å²) < 4.78 is 20.6. The van der Waals surface area contributed by atoms with Gasteiger partial charge in [0.25, 0.3) is 5.91 Å². The number of halogens is 1. The summed E-state index contributed by atoms with van der Waals surface area (Å²) in [6.07, 6.45) is 12.4. The smallest absolute Gasteiger partial charge is 0.253 e. The SMILES string of the molecule is CC1C=C(OCC2CCN(CC3(F)CCC3)CC2)C=CC1c1ccc(C(=O)N2CCC[C@@H](O)C2)cc1. The van der Waals surface area contributed by atoms with Crippen LogP contribution in [0.3, 0.4) is 0 Å². The van der Waals surface area contributed by atoms with Crippen LogP contribution in [-0.4, -0.2) is 71.9 Å². The number of aliphatic hydroxyl groups is 1. The summed E-state index contributed by atoms with van der Waals surface area (Å²) in [5, 5.41) is 9.88. The molecule has 1 saturated carbocycles. The lowest BCUT2D eigenvalue weighted by molar-refractivity contribution is 0.00540. The molecule has 2 aliphatic carbocycles. The van der Waals surface area contributed by atoms with Gasteiger partial charge in [-0.15, -0.1) is 0 Å². The van der Waals surface area contributed by atoms with Crippen molar-refractivity contribution in [2.45, 2.75) is 69.6 Å². The van der Waals surface area contributed by atoms with Crippen LogP contribution in [0.4, 0.5) is 4.39 Å². The molecule has 1 amide bonds. The number of carbonyl (C=O) groups excluding carboxylic acids is 1. The number of carbonyl (C=O) groups is 1. The number of hydrogen-bond acceptors (Lipinski definition) is 4. The van der Waals surface area contributed by atoms with Crippen molar-refractivity contribution >= 4 is 5.91 Å². The fraction of sp³-hybridized carbons (Fsp3) is 0.633. The molecule has 3 fully saturated rings. The highest BCUT2D eigenvalue weighted by Crippen LogP contribution is 2.37. The molecule has 5 rings (SSSR count). The van der Waals surface area contributed by atoms with Gasteiger partial charge in [0.2, 0.25) is 0 Å². The van der Waals surface area contributed by atoms with Crippen molar-refractivity contribution in [3.63, 3.8) is 0 Å². The first kappa shape index (κ1) is 25.5. The minimum atomic E-state index is -0.916. The number of nitrogens with zero attached hydrogens (tertiary/aromatic N) is 2. The van der Waals surface area contributed by atoms with Crippen molar-refractivity contribution in [1.82, 2.24) is 9.80 Å². The number of allylic oxidation sites excluding steroid dienone is 3. The standard InChI is InChI=1S/C30H41FN2O3/c1-22-18-27(36-20-23-11-16-32(17-12-23)21-30(31)13-3-14-30)9-10-28(22)24-5-7-25(8-6-24)29(35)33-15-2-4-26(34)19-33/h5-10,18,22-23,26,28,34H,2-4,11-17,19-21H2,1H3/t22?,26-,28?/m1/s1. The second-order valence-electron chi connectivity index (χ2n) is 11.5. The quantitative estimate of drug-likeness (QED) is 0.572. The monoisotopic (exact) mass is 496 g/mol. The first-order valence-corrected chi connectivity index (χ1v) is 13.9. The lowest BCUT2D eigenvalue weighted by Crippen LogP contribution is -2.47. The third-order valence-electron chi connectivity index (χ3n) is 8.64. The van der Waals surface area contributed by atoms with Crippen LogP contribution in [0.2, 0.25) is 0 Å². The maximum Gasteiger partial charge on any atom is 0.253 e. The molecule has 4 aliphatic rings. The Hall–Kier alpha value is -2.18. The molecular weight excluding hydrogens is 455 g/mol. The van der Waals surface area contributed by atoms with E-state index in [0.29, 0.717) is 37.0 Å². The highest BCUT2D eigenvalue weighted by atomic mass is 19.1. The summed E-state index contributed by atoms with van der Waals surface area (Å²) in [7, 11) is 0. The van der Waals surface area contributed by atoms with Crippen LogP contribution in [0.15, 0.2) is 48.3 Å². The molecule has 6 heteroatoms. The van der Waals surface area contributed by atoms with E-state index in [0.717, 1.165) is 70.4 Å². The van der Waals surface area contributed by atoms with Crippen molar-refractivity contribution in [3.8, 4) is 0 Å². The molecule has 0 spiro atoms. The predicted octanol–water partition coefficient (Wildman–Crippen LogP) is 5.08. The van der Waals surface area contributed by atoms with Crippen LogP contribution in [0.1, 0.15) is 73.7 Å². The summed E-state index contributed by atoms with van der Waals surface area (Å²) in [5.74, 6) is 2.02. The molecule has 2 saturated heterocycles. The van der Waals surface area contributed by atoms with Crippen molar-refractivity contribution in [2.24, 2.45) is 11.8 Å². The number of amides is 1. The van der Waals surface area contributed by atoms with E-state index in [1.807, 2.05) is 12.1 Å². The van der Waals surface area contributed by atoms with Crippen molar-refractivity contribution in [1.29, 1.82) is 0 Å². The topological polar surface area (TPSA) is 53.0 Å². The fourth-order valence-electron chi connectivity index (χ4n) is 6.12. The van der Waals surface area contributed by atoms with Gasteiger partial charge in [0.15, 0.2) is 0 Å². The molecular formula is C30H41FN2O3. The lowest BCUT2D eigenvalue weighted by Gasteiger charge is -2.41. The normalized spacial score (nSPS) is 28.9. The number of rotatable bonds is 7. The number of β-amino-alcohol motifs (C(OH)–C–C–N with tert-alkyl or cyclic N) is 1. The summed E-state index contributed by atoms with van der Waals surface area (Å²) in [5.41, 5.74) is 0.953. The van der Waals surface area contributed by atoms with E-state index in [9.17, 15) is 14.3 Å². The van der Waals surface area contributed by atoms with Crippen molar-refractivity contribution in [3.05, 3.63) is 59.4 Å². The molecule has 1 aromatic rings. The number of aliphatic hydroxyl groups excluding tert-OH is 1. The Bertz CT molecular complexity index is 963. The molecule has 0 aromatic heterocycles. The average Bonchev–Trinajstić information content (AvgIpc) is 2.87. The first-order valence-electron chi connectivity index (χ1n) is 13.9. The third kappa shape index (κ3) is 6.03. The van der Waals surface area contributed by atoms with Crippen LogP contribution >= 0.6 is 0 Å². The Balaban J connectivity index is 1.08. The minimum Gasteiger partial charge on any atom is -0.494 e. The van der Waals surface area contributed by atoms with E-state index in [1.54, 1.807) is 4.90 Å². The zero-order valence-electron chi connectivity index (χ0n) is 21.6. The molecule has 36 heavy (non-hydrogen) atoms. The molecule has 5 nitrogen and oxygen atoms in total. The number of benzene rings is 1. The van der Waals surface area contributed by atoms with Gasteiger partial charge >= 0.3 is 0 Å². The summed E-state index contributed by atoms with van der Waals surface area (Å²) in [6, 6.07) is 7.93. The summed E-state index contributed by atoms with van der Waals surface area (Å²) in [6.45, 7) is 6.64. The second kappa shape index (κ2) is 11.1. The van der Waals surface area contributed by atoms with Crippen LogP contribution in [0, 0.1) is 11.8 Å². The minimum absolute atomic E-state index is 0.00110. The molecule has 0 bridgehead atoms. The van der Waals surface area contributed by atoms with Crippen LogP contribution < -0.4 is 0 Å². The predicted molar refractivity (Wildman–Crippen MR) is 140 cm³/mol. The van der Waals surface area contributed by atoms with Gasteiger partial charge in [-0.05, 0) is 99.7 Å². The van der Waals surface area contributed by atoms with Crippen molar-refractivity contribution < 1.29 is 19.0 Å². The fourth-order valence-corrected chi connectivity index (χ4v) is 6.12. The Morgan fingerprint density at radius 1 is 1.11 bits per heavy atom. The van der Waals surface area contributed by atoms with Crippen LogP contribution in [0.25, 0.3) is 0 Å². The highest BCUT2D eigenvalue weighted by Gasteiger charge is 2.39. The molecule has 2 aliphatic heterocycles. The maximum absolute atomic E-state index is 14.4. The van der Waals surface area contributed by atoms with Crippen LogP contribution in [-0.2, 0) is 4.74 Å². The van der Waals surface area contributed by atoms with Gasteiger partial charge < -0.3 is 19.6 Å². The zero-order chi connectivity index (χ0) is 25.1. The van der Waals surface area contributed by atoms with Gasteiger partial charge in [-0.3, -0.25) is 4.79 Å². The molecule has 0 radical (unpaired) electrons. The number of piperidine rings is 2. The number of hydrogen-bond donors (Lipinski definition) is 1. The van der Waals surface area contributed by atoms with E-state index in [1.165, 1.54) is 5.56 Å². The highest BCUT2D eigenvalue weighted by molar-refractivity contribution is 5.94. The molecule has 2 unspecified atom stereocenters. The van der Waals surface area contributed by atoms with Gasteiger partial charge in [-0.25, -0.2) is 4.39 Å². The number of likely N-dealkylation sites (tertiary alicyclic amines) is 2. The van der Waals surface area contributed by atoms with Gasteiger partial charge in [0, 0.05) is 31.1 Å². The molecule has 3 atom stereocenters. The molecule has 2 heterocycles. The zero-order valence-corrected chi connectivity index (χ0v) is 21.6. The van der Waals surface area contributed by atoms with E-state index in [-0.39, 0.29) is 11.8 Å². The van der Waals surface area contributed by atoms with Gasteiger partial charge in [0.05, 0.1) is 12.7 Å². The van der Waals surface area contributed by atoms with Crippen LogP contribution in [0.5, 0.6) is 0 Å². The van der Waals surface area contributed by atoms with E-state index >= 15 is 0 Å². The first-order chi connectivity index (χ1) is 17.4. The summed E-state index contributed by atoms with van der Waals surface area (Å²) in [4.78, 5) is 16.9. The second-order valence-corrected chi connectivity index (χ2v) is 11.5. The molecule has 1 aromatic carbocycles. The molecule has 196 valence electrons. The number of ether oxygens (including phenoxy) is 1. The Morgan fingerprint density at radius 2 is 1.86 bits per heavy atom. The van der Waals surface area contributed by atoms with Gasteiger partial charge in [-0.2, -0.15) is 0 Å². The largest absolute Gasteiger partial charge is 0.494 e. The Kier molecular flexibility index (Phi) is 7.82. The molecule has 1 N–H and O–H groups in total. The van der Waals surface area contributed by atoms with E-state index in [4.69, 9.17) is 4.74 Å². The Morgan fingerprint density at radius 3 is 2.50 bits per heavy atom. The maximum atomic E-state index is 14.4. The van der Waals surface area contributed by atoms with E-state index < -0.39 is 11.8 Å². The number of alkyl halides is 1. The van der Waals surface area contributed by atoms with Crippen molar-refractivity contribution in [2.75, 3.05) is 39.3 Å². The Labute approximate surface area is 215 Å². The van der Waals surface area contributed by atoms with E-state index in [2.05, 4.69) is 42.2 Å². The summed E-state index contributed by atoms with van der Waals surface area (Å²) >= 11 is 0. The average molecular weight is 497 g/mol. The third-order valence-corrected chi connectivity index (χ3v) is 8.64. The van der Waals surface area contributed by atoms with Gasteiger partial charge in [0.1, 0.15) is 11.4 Å². The van der Waals surface area contributed by atoms with Gasteiger partial charge in [-0.1, -0.05) is 25.1 Å². The lowest BCUT2D eigenvalue weighted by atomic mass is 9.81.